The Morgan fingerprint density at radius 3 is 2.54 bits per heavy atom. The Balaban J connectivity index is 1.89. The maximum Gasteiger partial charge on any atom is 0.222 e. The number of benzene rings is 1. The van der Waals surface area contributed by atoms with Gasteiger partial charge in [-0.1, -0.05) is 12.1 Å². The average Bonchev–Trinajstić information content (AvgIpc) is 3.25. The fourth-order valence-electron chi connectivity index (χ4n) is 2.20. The largest absolute Gasteiger partial charge is 0.458 e. The first kappa shape index (κ1) is 15.7. The van der Waals surface area contributed by atoms with Crippen molar-refractivity contribution < 1.29 is 9.21 Å². The second-order valence-electron chi connectivity index (χ2n) is 5.10. The number of Topliss-reactive ketones (excluding diaryl/α,β-unsaturated/α-hetero) is 1. The van der Waals surface area contributed by atoms with Crippen molar-refractivity contribution in [2.75, 3.05) is 0 Å². The van der Waals surface area contributed by atoms with Gasteiger partial charge in [0.15, 0.2) is 11.7 Å². The van der Waals surface area contributed by atoms with E-state index in [-0.39, 0.29) is 5.76 Å². The lowest BCUT2D eigenvalue weighted by Crippen LogP contribution is -2.10. The number of nitrogens with zero attached hydrogens (tertiary/aromatic N) is 3. The molecular formula is C18H11N3O2S. The molecule has 0 aliphatic heterocycles. The summed E-state index contributed by atoms with van der Waals surface area (Å²) < 4.78 is 5.31. The van der Waals surface area contributed by atoms with Gasteiger partial charge in [-0.2, -0.15) is 10.5 Å². The third kappa shape index (κ3) is 2.96. The molecule has 2 aromatic heterocycles. The molecule has 5 nitrogen and oxygen atoms in total. The number of aryl methyl sites for hydroxylation is 1. The molecule has 1 aromatic carbocycles. The van der Waals surface area contributed by atoms with Gasteiger partial charge in [0.2, 0.25) is 5.78 Å². The summed E-state index contributed by atoms with van der Waals surface area (Å²) in [4.78, 5) is 16.8. The van der Waals surface area contributed by atoms with Gasteiger partial charge in [-0.05, 0) is 31.2 Å². The molecule has 0 aliphatic carbocycles. The molecule has 116 valence electrons. The summed E-state index contributed by atoms with van der Waals surface area (Å²) in [7, 11) is 0. The van der Waals surface area contributed by atoms with E-state index in [0.29, 0.717) is 22.0 Å². The molecule has 2 heterocycles. The van der Waals surface area contributed by atoms with E-state index in [1.165, 1.54) is 11.3 Å². The first-order chi connectivity index (χ1) is 11.6. The summed E-state index contributed by atoms with van der Waals surface area (Å²) in [5.74, 6) is -0.611. The Morgan fingerprint density at radius 2 is 1.96 bits per heavy atom. The number of carbonyl (C=O) groups is 1. The van der Waals surface area contributed by atoms with E-state index in [0.717, 1.165) is 5.56 Å². The Hall–Kier alpha value is -3.22. The lowest BCUT2D eigenvalue weighted by molar-refractivity contribution is 0.0950. The molecule has 0 amide bonds. The topological polar surface area (TPSA) is 90.7 Å². The molecule has 24 heavy (non-hydrogen) atoms. The van der Waals surface area contributed by atoms with Crippen LogP contribution < -0.4 is 0 Å². The molecule has 0 saturated heterocycles. The van der Waals surface area contributed by atoms with Crippen LogP contribution >= 0.6 is 11.3 Å². The molecule has 0 spiro atoms. The number of ketones is 1. The summed E-state index contributed by atoms with van der Waals surface area (Å²) >= 11 is 1.26. The third-order valence-corrected chi connectivity index (χ3v) is 4.36. The molecule has 6 heteroatoms. The number of aromatic nitrogens is 1. The summed E-state index contributed by atoms with van der Waals surface area (Å²) in [6.45, 7) is 1.74. The number of furan rings is 1. The minimum absolute atomic E-state index is 0.161. The SMILES string of the molecule is Cc1ccc(C(=O)C(C#N)c2nc(-c3ccc(C#N)cc3)cs2)o1. The van der Waals surface area contributed by atoms with Gasteiger partial charge in [0, 0.05) is 10.9 Å². The number of hydrogen-bond donors (Lipinski definition) is 0. The van der Waals surface area contributed by atoms with Crippen LogP contribution in [0, 0.1) is 29.6 Å². The van der Waals surface area contributed by atoms with E-state index in [1.54, 1.807) is 48.7 Å². The van der Waals surface area contributed by atoms with Crippen molar-refractivity contribution in [3.63, 3.8) is 0 Å². The van der Waals surface area contributed by atoms with Crippen LogP contribution in [0.4, 0.5) is 0 Å². The average molecular weight is 333 g/mol. The quantitative estimate of drug-likeness (QED) is 0.671. The van der Waals surface area contributed by atoms with Gasteiger partial charge in [0.1, 0.15) is 10.8 Å². The number of thiazole rings is 1. The van der Waals surface area contributed by atoms with Crippen LogP contribution in [0.15, 0.2) is 46.2 Å². The van der Waals surface area contributed by atoms with Gasteiger partial charge >= 0.3 is 0 Å². The maximum atomic E-state index is 12.4. The maximum absolute atomic E-state index is 12.4. The summed E-state index contributed by atoms with van der Waals surface area (Å²) in [6.07, 6.45) is 0. The minimum Gasteiger partial charge on any atom is -0.458 e. The molecule has 0 saturated carbocycles. The number of rotatable bonds is 4. The highest BCUT2D eigenvalue weighted by atomic mass is 32.1. The molecule has 0 bridgehead atoms. The molecule has 3 aromatic rings. The molecule has 1 unspecified atom stereocenters. The van der Waals surface area contributed by atoms with E-state index >= 15 is 0 Å². The Kier molecular flexibility index (Phi) is 4.24. The zero-order valence-electron chi connectivity index (χ0n) is 12.7. The van der Waals surface area contributed by atoms with Gasteiger partial charge in [0.05, 0.1) is 23.4 Å². The Bertz CT molecular complexity index is 971. The molecule has 0 radical (unpaired) electrons. The predicted octanol–water partition coefficient (Wildman–Crippen LogP) is 4.07. The van der Waals surface area contributed by atoms with Crippen molar-refractivity contribution in [2.24, 2.45) is 0 Å². The van der Waals surface area contributed by atoms with Gasteiger partial charge in [0.25, 0.3) is 0 Å². The molecular weight excluding hydrogens is 322 g/mol. The van der Waals surface area contributed by atoms with Crippen LogP contribution in [-0.4, -0.2) is 10.8 Å². The lowest BCUT2D eigenvalue weighted by Gasteiger charge is -2.02. The lowest BCUT2D eigenvalue weighted by atomic mass is 10.0. The zero-order chi connectivity index (χ0) is 17.1. The second-order valence-corrected chi connectivity index (χ2v) is 5.99. The van der Waals surface area contributed by atoms with Crippen molar-refractivity contribution in [3.8, 4) is 23.4 Å². The van der Waals surface area contributed by atoms with Crippen LogP contribution in [0.5, 0.6) is 0 Å². The second kappa shape index (κ2) is 6.49. The van der Waals surface area contributed by atoms with Crippen LogP contribution in [0.3, 0.4) is 0 Å². The van der Waals surface area contributed by atoms with Gasteiger partial charge < -0.3 is 4.42 Å². The molecule has 0 fully saturated rings. The molecule has 0 N–H and O–H groups in total. The fraction of sp³-hybridized carbons (Fsp3) is 0.111. The van der Waals surface area contributed by atoms with Crippen molar-refractivity contribution in [1.82, 2.24) is 4.98 Å². The van der Waals surface area contributed by atoms with Gasteiger partial charge in [-0.3, -0.25) is 4.79 Å². The summed E-state index contributed by atoms with van der Waals surface area (Å²) in [5, 5.41) is 20.4. The van der Waals surface area contributed by atoms with Crippen molar-refractivity contribution in [1.29, 1.82) is 10.5 Å². The predicted molar refractivity (Wildman–Crippen MR) is 88.4 cm³/mol. The van der Waals surface area contributed by atoms with Crippen molar-refractivity contribution >= 4 is 17.1 Å². The van der Waals surface area contributed by atoms with E-state index in [4.69, 9.17) is 9.68 Å². The van der Waals surface area contributed by atoms with Crippen LogP contribution in [0.2, 0.25) is 0 Å². The van der Waals surface area contributed by atoms with Crippen molar-refractivity contribution in [2.45, 2.75) is 12.8 Å². The third-order valence-electron chi connectivity index (χ3n) is 3.45. The van der Waals surface area contributed by atoms with Crippen molar-refractivity contribution in [3.05, 3.63) is 63.9 Å². The van der Waals surface area contributed by atoms with Crippen LogP contribution in [0.25, 0.3) is 11.3 Å². The molecule has 1 atom stereocenters. The monoisotopic (exact) mass is 333 g/mol. The van der Waals surface area contributed by atoms with Gasteiger partial charge in [-0.15, -0.1) is 11.3 Å². The Morgan fingerprint density at radius 1 is 1.21 bits per heavy atom. The van der Waals surface area contributed by atoms with E-state index in [2.05, 4.69) is 11.1 Å². The highest BCUT2D eigenvalue weighted by molar-refractivity contribution is 7.10. The fourth-order valence-corrected chi connectivity index (χ4v) is 3.07. The highest BCUT2D eigenvalue weighted by Gasteiger charge is 2.27. The number of carbonyl (C=O) groups excluding carboxylic acids is 1. The number of nitriles is 2. The first-order valence-electron chi connectivity index (χ1n) is 7.08. The highest BCUT2D eigenvalue weighted by Crippen LogP contribution is 2.29. The zero-order valence-corrected chi connectivity index (χ0v) is 13.5. The normalized spacial score (nSPS) is 11.5. The Labute approximate surface area is 142 Å². The van der Waals surface area contributed by atoms with E-state index < -0.39 is 11.7 Å². The minimum atomic E-state index is -0.993. The summed E-state index contributed by atoms with van der Waals surface area (Å²) in [6, 6.07) is 14.3. The summed E-state index contributed by atoms with van der Waals surface area (Å²) in [5.41, 5.74) is 2.06. The van der Waals surface area contributed by atoms with E-state index in [9.17, 15) is 10.1 Å². The van der Waals surface area contributed by atoms with Gasteiger partial charge in [-0.25, -0.2) is 4.98 Å². The molecule has 3 rings (SSSR count). The number of hydrogen-bond acceptors (Lipinski definition) is 6. The first-order valence-corrected chi connectivity index (χ1v) is 7.96. The molecule has 0 aliphatic rings. The van der Waals surface area contributed by atoms with E-state index in [1.807, 2.05) is 6.07 Å². The van der Waals surface area contributed by atoms with Crippen LogP contribution in [-0.2, 0) is 0 Å². The van der Waals surface area contributed by atoms with Crippen LogP contribution in [0.1, 0.15) is 32.8 Å². The smallest absolute Gasteiger partial charge is 0.222 e. The standard InChI is InChI=1S/C18H11N3O2S/c1-11-2-7-16(23-11)17(22)14(9-20)18-21-15(10-24-18)13-5-3-12(8-19)4-6-13/h2-7,10,14H,1H3.